The van der Waals surface area contributed by atoms with Gasteiger partial charge in [0.25, 0.3) is 0 Å². The van der Waals surface area contributed by atoms with Gasteiger partial charge < -0.3 is 15.2 Å². The summed E-state index contributed by atoms with van der Waals surface area (Å²) in [5, 5.41) is 13.4. The molecule has 5 heteroatoms. The van der Waals surface area contributed by atoms with Crippen molar-refractivity contribution in [3.8, 4) is 0 Å². The average molecular weight is 346 g/mol. The number of aliphatic carboxylic acids is 1. The molecule has 0 saturated heterocycles. The molecule has 24 heavy (non-hydrogen) atoms. The molecule has 1 fully saturated rings. The van der Waals surface area contributed by atoms with Crippen molar-refractivity contribution in [2.24, 2.45) is 5.41 Å². The van der Waals surface area contributed by atoms with E-state index in [1.807, 2.05) is 42.5 Å². The number of anilines is 1. The highest BCUT2D eigenvalue weighted by atomic mass is 35.5. The van der Waals surface area contributed by atoms with Crippen molar-refractivity contribution in [2.75, 3.05) is 12.4 Å². The molecule has 126 valence electrons. The summed E-state index contributed by atoms with van der Waals surface area (Å²) < 4.78 is 5.53. The summed E-state index contributed by atoms with van der Waals surface area (Å²) in [6.07, 6.45) is 0.802. The van der Waals surface area contributed by atoms with Crippen molar-refractivity contribution in [1.82, 2.24) is 0 Å². The minimum Gasteiger partial charge on any atom is -0.481 e. The van der Waals surface area contributed by atoms with Gasteiger partial charge in [0.15, 0.2) is 0 Å². The second-order valence-electron chi connectivity index (χ2n) is 6.16. The zero-order valence-electron chi connectivity index (χ0n) is 13.5. The van der Waals surface area contributed by atoms with Gasteiger partial charge in [-0.1, -0.05) is 48.0 Å². The van der Waals surface area contributed by atoms with Gasteiger partial charge in [-0.05, 0) is 36.1 Å². The highest BCUT2D eigenvalue weighted by molar-refractivity contribution is 6.33. The smallest absolute Gasteiger partial charge is 0.312 e. The van der Waals surface area contributed by atoms with Gasteiger partial charge in [0.1, 0.15) is 0 Å². The molecule has 4 nitrogen and oxygen atoms in total. The number of carbonyl (C=O) groups is 1. The van der Waals surface area contributed by atoms with Gasteiger partial charge in [0.2, 0.25) is 0 Å². The lowest BCUT2D eigenvalue weighted by Gasteiger charge is -2.23. The molecule has 2 N–H and O–H groups in total. The molecular formula is C19H20ClNO3. The van der Waals surface area contributed by atoms with E-state index in [0.717, 1.165) is 16.8 Å². The number of carboxylic acid groups (broad SMARTS) is 1. The molecule has 1 saturated carbocycles. The van der Waals surface area contributed by atoms with Crippen LogP contribution in [0.3, 0.4) is 0 Å². The normalized spacial score (nSPS) is 16.4. The minimum atomic E-state index is -0.806. The monoisotopic (exact) mass is 345 g/mol. The number of hydrogen-bond donors (Lipinski definition) is 2. The summed E-state index contributed by atoms with van der Waals surface area (Å²) in [5.74, 6) is -0.803. The number of rotatable bonds is 7. The van der Waals surface area contributed by atoms with Crippen LogP contribution in [0.4, 0.5) is 5.69 Å². The molecule has 0 amide bonds. The van der Waals surface area contributed by atoms with E-state index >= 15 is 0 Å². The first-order chi connectivity index (χ1) is 11.6. The first kappa shape index (κ1) is 16.8. The lowest BCUT2D eigenvalue weighted by atomic mass is 9.92. The number of methoxy groups -OCH3 is 1. The summed E-state index contributed by atoms with van der Waals surface area (Å²) in [7, 11) is 1.55. The van der Waals surface area contributed by atoms with Crippen LogP contribution >= 0.6 is 11.6 Å². The van der Waals surface area contributed by atoms with Crippen LogP contribution in [0.1, 0.15) is 30.1 Å². The van der Waals surface area contributed by atoms with Crippen LogP contribution in [0.5, 0.6) is 0 Å². The SMILES string of the molecule is COC(c1ccc(Cl)c(NCc2ccccc2)c1)C1(C(=O)O)CC1. The molecule has 3 rings (SSSR count). The van der Waals surface area contributed by atoms with E-state index in [4.69, 9.17) is 16.3 Å². The van der Waals surface area contributed by atoms with Crippen molar-refractivity contribution in [3.63, 3.8) is 0 Å². The number of halogens is 1. The van der Waals surface area contributed by atoms with Crippen molar-refractivity contribution in [3.05, 3.63) is 64.7 Å². The van der Waals surface area contributed by atoms with Gasteiger partial charge in [0.05, 0.1) is 22.2 Å². The third-order valence-corrected chi connectivity index (χ3v) is 4.90. The number of carboxylic acids is 1. The Balaban J connectivity index is 1.82. The predicted molar refractivity (Wildman–Crippen MR) is 94.3 cm³/mol. The summed E-state index contributed by atoms with van der Waals surface area (Å²) in [6, 6.07) is 15.5. The van der Waals surface area contributed by atoms with E-state index in [1.54, 1.807) is 13.2 Å². The summed E-state index contributed by atoms with van der Waals surface area (Å²) in [4.78, 5) is 11.6. The van der Waals surface area contributed by atoms with Gasteiger partial charge >= 0.3 is 5.97 Å². The molecule has 1 aliphatic carbocycles. The Labute approximate surface area is 146 Å². The number of ether oxygens (including phenoxy) is 1. The van der Waals surface area contributed by atoms with Crippen molar-refractivity contribution in [2.45, 2.75) is 25.5 Å². The largest absolute Gasteiger partial charge is 0.481 e. The van der Waals surface area contributed by atoms with Gasteiger partial charge in [-0.3, -0.25) is 4.79 Å². The highest BCUT2D eigenvalue weighted by Gasteiger charge is 2.57. The Hall–Kier alpha value is -2.04. The molecule has 2 aromatic rings. The lowest BCUT2D eigenvalue weighted by molar-refractivity contribution is -0.149. The third kappa shape index (κ3) is 3.25. The molecule has 0 spiro atoms. The quantitative estimate of drug-likeness (QED) is 0.775. The van der Waals surface area contributed by atoms with E-state index in [0.29, 0.717) is 24.4 Å². The van der Waals surface area contributed by atoms with Crippen LogP contribution in [0.15, 0.2) is 48.5 Å². The maximum absolute atomic E-state index is 11.6. The van der Waals surface area contributed by atoms with Crippen molar-refractivity contribution >= 4 is 23.3 Å². The molecule has 0 bridgehead atoms. The molecule has 0 heterocycles. The number of hydrogen-bond acceptors (Lipinski definition) is 3. The van der Waals surface area contributed by atoms with E-state index in [9.17, 15) is 9.90 Å². The molecule has 1 atom stereocenters. The maximum Gasteiger partial charge on any atom is 0.312 e. The molecule has 2 aromatic carbocycles. The van der Waals surface area contributed by atoms with Crippen LogP contribution in [-0.4, -0.2) is 18.2 Å². The average Bonchev–Trinajstić information content (AvgIpc) is 3.38. The Bertz CT molecular complexity index is 729. The topological polar surface area (TPSA) is 58.6 Å². The van der Waals surface area contributed by atoms with E-state index in [2.05, 4.69) is 5.32 Å². The first-order valence-electron chi connectivity index (χ1n) is 7.90. The Kier molecular flexibility index (Phi) is 4.78. The van der Waals surface area contributed by atoms with Gasteiger partial charge in [-0.2, -0.15) is 0 Å². The molecule has 1 aliphatic rings. The fourth-order valence-electron chi connectivity index (χ4n) is 3.04. The van der Waals surface area contributed by atoms with Crippen LogP contribution in [0.2, 0.25) is 5.02 Å². The fourth-order valence-corrected chi connectivity index (χ4v) is 3.22. The zero-order chi connectivity index (χ0) is 17.2. The molecule has 0 aromatic heterocycles. The van der Waals surface area contributed by atoms with Crippen LogP contribution in [-0.2, 0) is 16.1 Å². The second kappa shape index (κ2) is 6.83. The molecule has 1 unspecified atom stereocenters. The van der Waals surface area contributed by atoms with Crippen LogP contribution < -0.4 is 5.32 Å². The number of nitrogens with one attached hydrogen (secondary N) is 1. The highest BCUT2D eigenvalue weighted by Crippen LogP contribution is 2.56. The van der Waals surface area contributed by atoms with Crippen molar-refractivity contribution in [1.29, 1.82) is 0 Å². The van der Waals surface area contributed by atoms with E-state index in [-0.39, 0.29) is 0 Å². The van der Waals surface area contributed by atoms with Crippen molar-refractivity contribution < 1.29 is 14.6 Å². The van der Waals surface area contributed by atoms with E-state index < -0.39 is 17.5 Å². The molecule has 0 radical (unpaired) electrons. The van der Waals surface area contributed by atoms with Gasteiger partial charge in [-0.15, -0.1) is 0 Å². The summed E-state index contributed by atoms with van der Waals surface area (Å²) in [5.41, 5.74) is 1.95. The zero-order valence-corrected chi connectivity index (χ0v) is 14.2. The Morgan fingerprint density at radius 3 is 2.58 bits per heavy atom. The minimum absolute atomic E-state index is 0.468. The Morgan fingerprint density at radius 1 is 1.29 bits per heavy atom. The molecule has 0 aliphatic heterocycles. The third-order valence-electron chi connectivity index (χ3n) is 4.57. The summed E-state index contributed by atoms with van der Waals surface area (Å²) in [6.45, 7) is 0.645. The van der Waals surface area contributed by atoms with Gasteiger partial charge in [0, 0.05) is 13.7 Å². The lowest BCUT2D eigenvalue weighted by Crippen LogP contribution is -2.25. The summed E-state index contributed by atoms with van der Waals surface area (Å²) >= 11 is 6.28. The standard InChI is InChI=1S/C19H20ClNO3/c1-24-17(19(9-10-19)18(22)23)14-7-8-15(20)16(11-14)21-12-13-5-3-2-4-6-13/h2-8,11,17,21H,9-10,12H2,1H3,(H,22,23). The van der Waals surface area contributed by atoms with E-state index in [1.165, 1.54) is 0 Å². The number of benzene rings is 2. The fraction of sp³-hybridized carbons (Fsp3) is 0.316. The second-order valence-corrected chi connectivity index (χ2v) is 6.56. The van der Waals surface area contributed by atoms with Crippen LogP contribution in [0.25, 0.3) is 0 Å². The molecular weight excluding hydrogens is 326 g/mol. The predicted octanol–water partition coefficient (Wildman–Crippen LogP) is 4.50. The maximum atomic E-state index is 11.6. The van der Waals surface area contributed by atoms with Crippen LogP contribution in [0, 0.1) is 5.41 Å². The Morgan fingerprint density at radius 2 is 2.00 bits per heavy atom. The van der Waals surface area contributed by atoms with Gasteiger partial charge in [-0.25, -0.2) is 0 Å². The first-order valence-corrected chi connectivity index (χ1v) is 8.28.